The highest BCUT2D eigenvalue weighted by molar-refractivity contribution is 5.94. The van der Waals surface area contributed by atoms with Gasteiger partial charge in [0.25, 0.3) is 11.5 Å². The Morgan fingerprint density at radius 1 is 0.875 bits per heavy atom. The highest BCUT2D eigenvalue weighted by Gasteiger charge is 2.16. The van der Waals surface area contributed by atoms with Crippen LogP contribution in [0.1, 0.15) is 34.0 Å². The maximum atomic E-state index is 12.7. The highest BCUT2D eigenvalue weighted by atomic mass is 16.2. The molecule has 7 nitrogen and oxygen atoms in total. The minimum absolute atomic E-state index is 0.145. The molecule has 0 spiro atoms. The van der Waals surface area contributed by atoms with Crippen molar-refractivity contribution in [2.45, 2.75) is 12.3 Å². The summed E-state index contributed by atoms with van der Waals surface area (Å²) in [6.07, 6.45) is 0.715. The number of benzene rings is 2. The van der Waals surface area contributed by atoms with Gasteiger partial charge in [-0.25, -0.2) is 9.78 Å². The second kappa shape index (κ2) is 9.01. The number of hydrogen-bond donors (Lipinski definition) is 1. The van der Waals surface area contributed by atoms with Crippen LogP contribution in [0.15, 0.2) is 82.4 Å². The smallest absolute Gasteiger partial charge is 0.332 e. The monoisotopic (exact) mass is 428 g/mol. The molecule has 0 radical (unpaired) electrons. The second-order valence-electron chi connectivity index (χ2n) is 7.69. The lowest BCUT2D eigenvalue weighted by Crippen LogP contribution is -2.37. The van der Waals surface area contributed by atoms with E-state index in [1.165, 1.54) is 41.9 Å². The van der Waals surface area contributed by atoms with Crippen LogP contribution < -0.4 is 16.6 Å². The number of carbonyl (C=O) groups is 1. The van der Waals surface area contributed by atoms with Gasteiger partial charge in [0.1, 0.15) is 11.3 Å². The second-order valence-corrected chi connectivity index (χ2v) is 7.69. The molecule has 7 heteroatoms. The van der Waals surface area contributed by atoms with Gasteiger partial charge in [-0.2, -0.15) is 0 Å². The highest BCUT2D eigenvalue weighted by Crippen LogP contribution is 2.27. The zero-order valence-corrected chi connectivity index (χ0v) is 18.0. The van der Waals surface area contributed by atoms with E-state index in [4.69, 9.17) is 0 Å². The van der Waals surface area contributed by atoms with Crippen molar-refractivity contribution in [3.63, 3.8) is 0 Å². The Hall–Kier alpha value is -4.00. The van der Waals surface area contributed by atoms with E-state index in [0.717, 1.165) is 4.57 Å². The van der Waals surface area contributed by atoms with Crippen LogP contribution in [0.3, 0.4) is 0 Å². The summed E-state index contributed by atoms with van der Waals surface area (Å²) in [4.78, 5) is 41.5. The van der Waals surface area contributed by atoms with Crippen LogP contribution in [0.5, 0.6) is 0 Å². The standard InChI is InChI=1S/C25H24N4O3/c1-28-22-20(24(31)29(2)25(28)32)13-14-21(27-22)23(30)26-16-15-19(17-9-5-3-6-10-17)18-11-7-4-8-12-18/h3-14,19H,15-16H2,1-2H3,(H,26,30). The molecule has 0 saturated carbocycles. The van der Waals surface area contributed by atoms with Gasteiger partial charge in [0.05, 0.1) is 5.39 Å². The molecule has 4 aromatic rings. The summed E-state index contributed by atoms with van der Waals surface area (Å²) in [5.74, 6) is -0.203. The number of fused-ring (bicyclic) bond motifs is 1. The minimum atomic E-state index is -0.485. The van der Waals surface area contributed by atoms with Crippen molar-refractivity contribution in [2.24, 2.45) is 14.1 Å². The molecule has 0 bridgehead atoms. The number of carbonyl (C=O) groups excluding carboxylic acids is 1. The quantitative estimate of drug-likeness (QED) is 0.512. The molecule has 0 saturated heterocycles. The van der Waals surface area contributed by atoms with E-state index >= 15 is 0 Å². The van der Waals surface area contributed by atoms with E-state index in [1.54, 1.807) is 0 Å². The average molecular weight is 428 g/mol. The molecular formula is C25H24N4O3. The molecule has 0 fully saturated rings. The van der Waals surface area contributed by atoms with E-state index in [-0.39, 0.29) is 23.2 Å². The maximum Gasteiger partial charge on any atom is 0.332 e. The fraction of sp³-hybridized carbons (Fsp3) is 0.200. The van der Waals surface area contributed by atoms with Gasteiger partial charge in [-0.15, -0.1) is 0 Å². The van der Waals surface area contributed by atoms with Crippen LogP contribution in [0.25, 0.3) is 11.0 Å². The van der Waals surface area contributed by atoms with Gasteiger partial charge in [0.15, 0.2) is 0 Å². The molecule has 0 aliphatic rings. The number of aromatic nitrogens is 3. The minimum Gasteiger partial charge on any atom is -0.351 e. The predicted molar refractivity (Wildman–Crippen MR) is 124 cm³/mol. The van der Waals surface area contributed by atoms with E-state index in [0.29, 0.717) is 18.4 Å². The van der Waals surface area contributed by atoms with Crippen molar-refractivity contribution >= 4 is 16.9 Å². The van der Waals surface area contributed by atoms with E-state index in [1.807, 2.05) is 36.4 Å². The Balaban J connectivity index is 1.53. The van der Waals surface area contributed by atoms with Crippen molar-refractivity contribution in [3.05, 3.63) is 110 Å². The molecule has 2 heterocycles. The number of nitrogens with one attached hydrogen (secondary N) is 1. The summed E-state index contributed by atoms with van der Waals surface area (Å²) in [7, 11) is 2.95. The van der Waals surface area contributed by atoms with Gasteiger partial charge in [0.2, 0.25) is 0 Å². The van der Waals surface area contributed by atoms with E-state index in [2.05, 4.69) is 34.6 Å². The zero-order valence-electron chi connectivity index (χ0n) is 18.0. The lowest BCUT2D eigenvalue weighted by Gasteiger charge is -2.18. The Bertz CT molecular complexity index is 1340. The molecule has 2 aromatic carbocycles. The number of amides is 1. The molecular weight excluding hydrogens is 404 g/mol. The van der Waals surface area contributed by atoms with Crippen LogP contribution in [0, 0.1) is 0 Å². The SMILES string of the molecule is Cn1c(=O)c2ccc(C(=O)NCCC(c3ccccc3)c3ccccc3)nc2n(C)c1=O. The summed E-state index contributed by atoms with van der Waals surface area (Å²) in [6, 6.07) is 23.4. The molecule has 0 aliphatic heterocycles. The third-order valence-electron chi connectivity index (χ3n) is 5.66. The summed E-state index contributed by atoms with van der Waals surface area (Å²) >= 11 is 0. The molecule has 2 aromatic heterocycles. The van der Waals surface area contributed by atoms with Crippen LogP contribution >= 0.6 is 0 Å². The number of aryl methyl sites for hydroxylation is 1. The Morgan fingerprint density at radius 3 is 2.06 bits per heavy atom. The number of nitrogens with zero attached hydrogens (tertiary/aromatic N) is 3. The molecule has 32 heavy (non-hydrogen) atoms. The van der Waals surface area contributed by atoms with Crippen molar-refractivity contribution in [1.29, 1.82) is 0 Å². The largest absolute Gasteiger partial charge is 0.351 e. The Kier molecular flexibility index (Phi) is 5.98. The van der Waals surface area contributed by atoms with Gasteiger partial charge in [0, 0.05) is 26.6 Å². The summed E-state index contributed by atoms with van der Waals surface area (Å²) < 4.78 is 2.30. The average Bonchev–Trinajstić information content (AvgIpc) is 2.84. The number of hydrogen-bond acceptors (Lipinski definition) is 4. The van der Waals surface area contributed by atoms with E-state index in [9.17, 15) is 14.4 Å². The summed E-state index contributed by atoms with van der Waals surface area (Å²) in [6.45, 7) is 0.447. The number of pyridine rings is 1. The zero-order chi connectivity index (χ0) is 22.7. The van der Waals surface area contributed by atoms with Gasteiger partial charge < -0.3 is 5.32 Å². The molecule has 0 unspecified atom stereocenters. The fourth-order valence-electron chi connectivity index (χ4n) is 3.90. The lowest BCUT2D eigenvalue weighted by molar-refractivity contribution is 0.0948. The first kappa shape index (κ1) is 21.2. The Labute approximate surface area is 185 Å². The molecule has 0 atom stereocenters. The summed E-state index contributed by atoms with van der Waals surface area (Å²) in [5, 5.41) is 3.21. The maximum absolute atomic E-state index is 12.7. The van der Waals surface area contributed by atoms with Gasteiger partial charge in [-0.3, -0.25) is 18.7 Å². The number of rotatable bonds is 6. The third kappa shape index (κ3) is 4.09. The van der Waals surface area contributed by atoms with Crippen molar-refractivity contribution < 1.29 is 4.79 Å². The normalized spacial score (nSPS) is 11.1. The molecule has 1 N–H and O–H groups in total. The van der Waals surface area contributed by atoms with Crippen LogP contribution in [-0.2, 0) is 14.1 Å². The molecule has 4 rings (SSSR count). The van der Waals surface area contributed by atoms with Gasteiger partial charge in [-0.05, 0) is 29.7 Å². The first-order chi connectivity index (χ1) is 15.5. The molecule has 1 amide bonds. The van der Waals surface area contributed by atoms with Crippen LogP contribution in [0.2, 0.25) is 0 Å². The van der Waals surface area contributed by atoms with E-state index < -0.39 is 11.2 Å². The lowest BCUT2D eigenvalue weighted by atomic mass is 9.88. The van der Waals surface area contributed by atoms with Crippen molar-refractivity contribution in [2.75, 3.05) is 6.54 Å². The molecule has 0 aliphatic carbocycles. The van der Waals surface area contributed by atoms with Gasteiger partial charge >= 0.3 is 5.69 Å². The summed E-state index contributed by atoms with van der Waals surface area (Å²) in [5.41, 5.74) is 1.80. The first-order valence-electron chi connectivity index (χ1n) is 10.4. The first-order valence-corrected chi connectivity index (χ1v) is 10.4. The predicted octanol–water partition coefficient (Wildman–Crippen LogP) is 2.58. The third-order valence-corrected chi connectivity index (χ3v) is 5.66. The van der Waals surface area contributed by atoms with Crippen LogP contribution in [0.4, 0.5) is 0 Å². The van der Waals surface area contributed by atoms with Gasteiger partial charge in [-0.1, -0.05) is 60.7 Å². The molecule has 162 valence electrons. The fourth-order valence-corrected chi connectivity index (χ4v) is 3.90. The van der Waals surface area contributed by atoms with Crippen molar-refractivity contribution in [3.8, 4) is 0 Å². The van der Waals surface area contributed by atoms with Crippen LogP contribution in [-0.4, -0.2) is 26.6 Å². The Morgan fingerprint density at radius 2 is 1.47 bits per heavy atom. The topological polar surface area (TPSA) is 86.0 Å². The van der Waals surface area contributed by atoms with Crippen molar-refractivity contribution in [1.82, 2.24) is 19.4 Å².